The van der Waals surface area contributed by atoms with Gasteiger partial charge in [0.15, 0.2) is 0 Å². The monoisotopic (exact) mass is 252 g/mol. The molecule has 2 unspecified atom stereocenters. The minimum Gasteiger partial charge on any atom is -0.394 e. The lowest BCUT2D eigenvalue weighted by atomic mass is 9.93. The summed E-state index contributed by atoms with van der Waals surface area (Å²) >= 11 is 0. The molecule has 2 atom stereocenters. The summed E-state index contributed by atoms with van der Waals surface area (Å²) in [7, 11) is 0. The number of hydrogen-bond donors (Lipinski definition) is 2. The summed E-state index contributed by atoms with van der Waals surface area (Å²) in [5.41, 5.74) is 6.99. The maximum atomic E-state index is 8.87. The molecule has 0 amide bonds. The van der Waals surface area contributed by atoms with Gasteiger partial charge in [0, 0.05) is 30.9 Å². The zero-order valence-corrected chi connectivity index (χ0v) is 11.1. The van der Waals surface area contributed by atoms with Crippen molar-refractivity contribution in [3.05, 3.63) is 18.0 Å². The van der Waals surface area contributed by atoms with Crippen LogP contribution in [-0.4, -0.2) is 45.5 Å². The maximum Gasteiger partial charge on any atom is 0.0640 e. The molecule has 5 nitrogen and oxygen atoms in total. The van der Waals surface area contributed by atoms with E-state index in [4.69, 9.17) is 10.8 Å². The van der Waals surface area contributed by atoms with E-state index in [1.807, 2.05) is 12.4 Å². The Hall–Kier alpha value is -0.910. The van der Waals surface area contributed by atoms with Gasteiger partial charge in [0.2, 0.25) is 0 Å². The van der Waals surface area contributed by atoms with E-state index in [1.54, 1.807) is 4.68 Å². The molecule has 5 heteroatoms. The molecule has 1 aliphatic heterocycles. The number of piperidine rings is 1. The molecule has 0 saturated carbocycles. The Labute approximate surface area is 109 Å². The Kier molecular flexibility index (Phi) is 4.74. The molecule has 2 rings (SSSR count). The normalized spacial score (nSPS) is 25.5. The van der Waals surface area contributed by atoms with Gasteiger partial charge in [-0.1, -0.05) is 0 Å². The third kappa shape index (κ3) is 3.31. The summed E-state index contributed by atoms with van der Waals surface area (Å²) < 4.78 is 1.80. The molecule has 1 aromatic heterocycles. The van der Waals surface area contributed by atoms with Crippen molar-refractivity contribution < 1.29 is 5.11 Å². The van der Waals surface area contributed by atoms with Gasteiger partial charge in [-0.05, 0) is 32.2 Å². The first-order valence-corrected chi connectivity index (χ1v) is 6.79. The maximum absolute atomic E-state index is 8.87. The third-order valence-electron chi connectivity index (χ3n) is 3.84. The van der Waals surface area contributed by atoms with E-state index in [-0.39, 0.29) is 6.61 Å². The van der Waals surface area contributed by atoms with Crippen LogP contribution in [0.3, 0.4) is 0 Å². The van der Waals surface area contributed by atoms with Crippen LogP contribution in [0.25, 0.3) is 0 Å². The first-order chi connectivity index (χ1) is 8.72. The van der Waals surface area contributed by atoms with Crippen molar-refractivity contribution in [2.24, 2.45) is 11.7 Å². The molecule has 18 heavy (non-hydrogen) atoms. The van der Waals surface area contributed by atoms with E-state index in [1.165, 1.54) is 18.4 Å². The average molecular weight is 252 g/mol. The number of hydrogen-bond acceptors (Lipinski definition) is 4. The number of nitrogens with zero attached hydrogens (tertiary/aromatic N) is 3. The van der Waals surface area contributed by atoms with Crippen LogP contribution in [0.2, 0.25) is 0 Å². The average Bonchev–Trinajstić information content (AvgIpc) is 2.80. The number of likely N-dealkylation sites (tertiary alicyclic amines) is 1. The first-order valence-electron chi connectivity index (χ1n) is 6.79. The second-order valence-corrected chi connectivity index (χ2v) is 5.29. The molecule has 1 fully saturated rings. The van der Waals surface area contributed by atoms with Crippen LogP contribution in [0.4, 0.5) is 0 Å². The second kappa shape index (κ2) is 6.31. The molecular formula is C13H24N4O. The molecule has 1 saturated heterocycles. The molecule has 102 valence electrons. The van der Waals surface area contributed by atoms with E-state index in [0.717, 1.165) is 19.6 Å². The highest BCUT2D eigenvalue weighted by Crippen LogP contribution is 2.22. The topological polar surface area (TPSA) is 67.3 Å². The van der Waals surface area contributed by atoms with Gasteiger partial charge in [-0.2, -0.15) is 5.10 Å². The van der Waals surface area contributed by atoms with Gasteiger partial charge in [0.25, 0.3) is 0 Å². The summed E-state index contributed by atoms with van der Waals surface area (Å²) in [6.45, 7) is 5.79. The zero-order chi connectivity index (χ0) is 13.0. The van der Waals surface area contributed by atoms with E-state index >= 15 is 0 Å². The Morgan fingerprint density at radius 1 is 1.50 bits per heavy atom. The van der Waals surface area contributed by atoms with Gasteiger partial charge >= 0.3 is 0 Å². The minimum absolute atomic E-state index is 0.135. The summed E-state index contributed by atoms with van der Waals surface area (Å²) in [5.74, 6) is 0.633. The largest absolute Gasteiger partial charge is 0.394 e. The molecule has 0 spiro atoms. The fourth-order valence-corrected chi connectivity index (χ4v) is 2.62. The van der Waals surface area contributed by atoms with Crippen molar-refractivity contribution in [3.63, 3.8) is 0 Å². The Morgan fingerprint density at radius 3 is 3.06 bits per heavy atom. The SMILES string of the molecule is CC1CCC(CN)CN1Cc1cnn(CCO)c1. The van der Waals surface area contributed by atoms with E-state index in [9.17, 15) is 0 Å². The van der Waals surface area contributed by atoms with Crippen molar-refractivity contribution in [3.8, 4) is 0 Å². The molecule has 0 aromatic carbocycles. The summed E-state index contributed by atoms with van der Waals surface area (Å²) in [4.78, 5) is 2.49. The fraction of sp³-hybridized carbons (Fsp3) is 0.769. The van der Waals surface area contributed by atoms with Crippen LogP contribution in [0.1, 0.15) is 25.3 Å². The van der Waals surface area contributed by atoms with E-state index < -0.39 is 0 Å². The molecule has 0 aliphatic carbocycles. The Bertz CT molecular complexity index is 366. The molecular weight excluding hydrogens is 228 g/mol. The fourth-order valence-electron chi connectivity index (χ4n) is 2.62. The van der Waals surface area contributed by atoms with E-state index in [2.05, 4.69) is 16.9 Å². The lowest BCUT2D eigenvalue weighted by Gasteiger charge is -2.37. The molecule has 3 N–H and O–H groups in total. The van der Waals surface area contributed by atoms with Gasteiger partial charge in [0.1, 0.15) is 0 Å². The van der Waals surface area contributed by atoms with Gasteiger partial charge in [-0.25, -0.2) is 0 Å². The zero-order valence-electron chi connectivity index (χ0n) is 11.1. The number of aliphatic hydroxyl groups excluding tert-OH is 1. The lowest BCUT2D eigenvalue weighted by molar-refractivity contribution is 0.113. The first kappa shape index (κ1) is 13.5. The summed E-state index contributed by atoms with van der Waals surface area (Å²) in [5, 5.41) is 13.1. The van der Waals surface area contributed by atoms with Crippen molar-refractivity contribution in [2.45, 2.75) is 38.9 Å². The number of aliphatic hydroxyl groups is 1. The summed E-state index contributed by atoms with van der Waals surface area (Å²) in [6.07, 6.45) is 6.40. The smallest absolute Gasteiger partial charge is 0.0640 e. The molecule has 2 heterocycles. The van der Waals surface area contributed by atoms with Crippen molar-refractivity contribution in [2.75, 3.05) is 19.7 Å². The lowest BCUT2D eigenvalue weighted by Crippen LogP contribution is -2.43. The second-order valence-electron chi connectivity index (χ2n) is 5.29. The standard InChI is InChI=1S/C13H24N4O/c1-11-2-3-12(6-14)8-16(11)9-13-7-15-17(10-13)4-5-18/h7,10-12,18H,2-6,8-9,14H2,1H3. The van der Waals surface area contributed by atoms with Gasteiger partial charge in [-0.15, -0.1) is 0 Å². The van der Waals surface area contributed by atoms with Crippen LogP contribution in [0.15, 0.2) is 12.4 Å². The van der Waals surface area contributed by atoms with Crippen LogP contribution < -0.4 is 5.73 Å². The predicted molar refractivity (Wildman–Crippen MR) is 71.0 cm³/mol. The van der Waals surface area contributed by atoms with Gasteiger partial charge in [-0.3, -0.25) is 9.58 Å². The minimum atomic E-state index is 0.135. The van der Waals surface area contributed by atoms with Crippen molar-refractivity contribution in [1.82, 2.24) is 14.7 Å². The highest BCUT2D eigenvalue weighted by atomic mass is 16.3. The van der Waals surface area contributed by atoms with Crippen molar-refractivity contribution in [1.29, 1.82) is 0 Å². The van der Waals surface area contributed by atoms with Crippen LogP contribution in [0, 0.1) is 5.92 Å². The molecule has 1 aliphatic rings. The Morgan fingerprint density at radius 2 is 2.33 bits per heavy atom. The molecule has 1 aromatic rings. The van der Waals surface area contributed by atoms with Crippen molar-refractivity contribution >= 4 is 0 Å². The summed E-state index contributed by atoms with van der Waals surface area (Å²) in [6, 6.07) is 0.619. The van der Waals surface area contributed by atoms with E-state index in [0.29, 0.717) is 18.5 Å². The molecule has 0 radical (unpaired) electrons. The highest BCUT2D eigenvalue weighted by molar-refractivity contribution is 5.04. The van der Waals surface area contributed by atoms with Gasteiger partial charge < -0.3 is 10.8 Å². The highest BCUT2D eigenvalue weighted by Gasteiger charge is 2.24. The quantitative estimate of drug-likeness (QED) is 0.798. The van der Waals surface area contributed by atoms with Gasteiger partial charge in [0.05, 0.1) is 19.3 Å². The number of nitrogens with two attached hydrogens (primary N) is 1. The number of rotatable bonds is 5. The van der Waals surface area contributed by atoms with Crippen LogP contribution in [-0.2, 0) is 13.1 Å². The van der Waals surface area contributed by atoms with Crippen LogP contribution in [0.5, 0.6) is 0 Å². The Balaban J connectivity index is 1.93. The van der Waals surface area contributed by atoms with Crippen LogP contribution >= 0.6 is 0 Å². The third-order valence-corrected chi connectivity index (χ3v) is 3.84. The number of aromatic nitrogens is 2. The predicted octanol–water partition coefficient (Wildman–Crippen LogP) is 0.435. The molecule has 0 bridgehead atoms.